The van der Waals surface area contributed by atoms with Crippen LogP contribution in [0.3, 0.4) is 0 Å². The number of benzene rings is 1. The largest absolute Gasteiger partial charge is 0.311 e. The van der Waals surface area contributed by atoms with E-state index in [4.69, 9.17) is 11.6 Å². The van der Waals surface area contributed by atoms with Gasteiger partial charge in [0.05, 0.1) is 0 Å². The molecule has 1 aromatic carbocycles. The average Bonchev–Trinajstić information content (AvgIpc) is 2.41. The lowest BCUT2D eigenvalue weighted by molar-refractivity contribution is 0.0485. The third-order valence-corrected chi connectivity index (χ3v) is 4.74. The van der Waals surface area contributed by atoms with Gasteiger partial charge in [-0.25, -0.2) is 4.39 Å². The van der Waals surface area contributed by atoms with Crippen LogP contribution in [0.5, 0.6) is 0 Å². The van der Waals surface area contributed by atoms with E-state index < -0.39 is 0 Å². The van der Waals surface area contributed by atoms with E-state index in [9.17, 15) is 4.39 Å². The van der Waals surface area contributed by atoms with Gasteiger partial charge in [0.15, 0.2) is 0 Å². The van der Waals surface area contributed by atoms with Crippen LogP contribution in [0.2, 0.25) is 5.02 Å². The molecule has 0 spiro atoms. The van der Waals surface area contributed by atoms with Gasteiger partial charge in [-0.05, 0) is 35.6 Å². The van der Waals surface area contributed by atoms with Crippen molar-refractivity contribution in [3.63, 3.8) is 0 Å². The standard InChI is InChI=1S/C17H26ClFN2/c1-5-14-11-21(16(9-20-14)17(2,3)4)10-12-8-13(19)6-7-15(12)18/h6-8,14,16,20H,5,9-11H2,1-4H3. The predicted octanol–water partition coefficient (Wildman–Crippen LogP) is 4.08. The number of hydrogen-bond donors (Lipinski definition) is 1. The number of hydrogen-bond acceptors (Lipinski definition) is 2. The van der Waals surface area contributed by atoms with Gasteiger partial charge in [0, 0.05) is 36.7 Å². The first-order valence-corrected chi connectivity index (χ1v) is 8.10. The molecule has 1 N–H and O–H groups in total. The molecule has 2 unspecified atom stereocenters. The van der Waals surface area contributed by atoms with Crippen LogP contribution in [0.1, 0.15) is 39.7 Å². The third kappa shape index (κ3) is 4.18. The molecule has 0 aromatic heterocycles. The van der Waals surface area contributed by atoms with Gasteiger partial charge in [0.1, 0.15) is 5.82 Å². The summed E-state index contributed by atoms with van der Waals surface area (Å²) in [5, 5.41) is 4.27. The van der Waals surface area contributed by atoms with Crippen molar-refractivity contribution in [1.82, 2.24) is 10.2 Å². The maximum absolute atomic E-state index is 13.5. The molecule has 118 valence electrons. The van der Waals surface area contributed by atoms with Gasteiger partial charge >= 0.3 is 0 Å². The van der Waals surface area contributed by atoms with Crippen molar-refractivity contribution < 1.29 is 4.39 Å². The van der Waals surface area contributed by atoms with Crippen LogP contribution in [0.15, 0.2) is 18.2 Å². The van der Waals surface area contributed by atoms with Crippen molar-refractivity contribution in [1.29, 1.82) is 0 Å². The van der Waals surface area contributed by atoms with Gasteiger partial charge in [0.2, 0.25) is 0 Å². The molecule has 1 aliphatic rings. The Morgan fingerprint density at radius 1 is 1.38 bits per heavy atom. The number of halogens is 2. The van der Waals surface area contributed by atoms with Gasteiger partial charge in [-0.15, -0.1) is 0 Å². The Balaban J connectivity index is 2.21. The van der Waals surface area contributed by atoms with Crippen LogP contribution in [0.25, 0.3) is 0 Å². The molecule has 4 heteroatoms. The second-order valence-electron chi connectivity index (χ2n) is 7.06. The van der Waals surface area contributed by atoms with Crippen molar-refractivity contribution in [2.75, 3.05) is 13.1 Å². The topological polar surface area (TPSA) is 15.3 Å². The second kappa shape index (κ2) is 6.64. The Bertz CT molecular complexity index is 484. The minimum Gasteiger partial charge on any atom is -0.311 e. The first kappa shape index (κ1) is 16.7. The molecule has 0 radical (unpaired) electrons. The van der Waals surface area contributed by atoms with Crippen molar-refractivity contribution in [2.24, 2.45) is 5.41 Å². The van der Waals surface area contributed by atoms with Gasteiger partial charge in [-0.1, -0.05) is 39.3 Å². The zero-order valence-corrected chi connectivity index (χ0v) is 14.2. The molecule has 1 saturated heterocycles. The summed E-state index contributed by atoms with van der Waals surface area (Å²) in [5.41, 5.74) is 1.05. The number of nitrogens with zero attached hydrogens (tertiary/aromatic N) is 1. The number of rotatable bonds is 3. The summed E-state index contributed by atoms with van der Waals surface area (Å²) < 4.78 is 13.5. The van der Waals surface area contributed by atoms with E-state index in [2.05, 4.69) is 37.9 Å². The summed E-state index contributed by atoms with van der Waals surface area (Å²) >= 11 is 6.24. The highest BCUT2D eigenvalue weighted by Gasteiger charge is 2.35. The zero-order valence-electron chi connectivity index (χ0n) is 13.4. The third-order valence-electron chi connectivity index (χ3n) is 4.37. The normalized spacial score (nSPS) is 24.3. The van der Waals surface area contributed by atoms with E-state index in [0.29, 0.717) is 23.7 Å². The molecule has 2 atom stereocenters. The number of piperazine rings is 1. The lowest BCUT2D eigenvalue weighted by atomic mass is 9.83. The van der Waals surface area contributed by atoms with Crippen LogP contribution in [-0.2, 0) is 6.54 Å². The van der Waals surface area contributed by atoms with Crippen LogP contribution in [0.4, 0.5) is 4.39 Å². The van der Waals surface area contributed by atoms with E-state index >= 15 is 0 Å². The molecule has 0 saturated carbocycles. The Labute approximate surface area is 132 Å². The molecule has 21 heavy (non-hydrogen) atoms. The molecule has 1 heterocycles. The Hall–Kier alpha value is -0.640. The molecule has 2 nitrogen and oxygen atoms in total. The highest BCUT2D eigenvalue weighted by atomic mass is 35.5. The maximum Gasteiger partial charge on any atom is 0.123 e. The summed E-state index contributed by atoms with van der Waals surface area (Å²) in [6, 6.07) is 5.54. The van der Waals surface area contributed by atoms with E-state index in [1.54, 1.807) is 12.1 Å². The molecular formula is C17H26ClFN2. The zero-order chi connectivity index (χ0) is 15.6. The van der Waals surface area contributed by atoms with E-state index in [1.165, 1.54) is 6.07 Å². The second-order valence-corrected chi connectivity index (χ2v) is 7.47. The maximum atomic E-state index is 13.5. The molecule has 0 aliphatic carbocycles. The van der Waals surface area contributed by atoms with Crippen LogP contribution < -0.4 is 5.32 Å². The first-order valence-electron chi connectivity index (χ1n) is 7.72. The van der Waals surface area contributed by atoms with Gasteiger partial charge in [0.25, 0.3) is 0 Å². The minimum atomic E-state index is -0.219. The van der Waals surface area contributed by atoms with E-state index in [-0.39, 0.29) is 11.2 Å². The Morgan fingerprint density at radius 2 is 2.10 bits per heavy atom. The molecular weight excluding hydrogens is 287 g/mol. The molecule has 1 aromatic rings. The van der Waals surface area contributed by atoms with E-state index in [1.807, 2.05) is 0 Å². The molecule has 0 bridgehead atoms. The minimum absolute atomic E-state index is 0.172. The SMILES string of the molecule is CCC1CN(Cc2cc(F)ccc2Cl)C(C(C)(C)C)CN1. The van der Waals surface area contributed by atoms with Crippen LogP contribution in [-0.4, -0.2) is 30.1 Å². The lowest BCUT2D eigenvalue weighted by Crippen LogP contribution is -2.59. The van der Waals surface area contributed by atoms with Crippen LogP contribution in [0, 0.1) is 11.2 Å². The van der Waals surface area contributed by atoms with Gasteiger partial charge in [-0.2, -0.15) is 0 Å². The molecule has 2 rings (SSSR count). The van der Waals surface area contributed by atoms with Crippen molar-refractivity contribution in [3.8, 4) is 0 Å². The van der Waals surface area contributed by atoms with E-state index in [0.717, 1.165) is 25.1 Å². The Morgan fingerprint density at radius 3 is 2.71 bits per heavy atom. The fraction of sp³-hybridized carbons (Fsp3) is 0.647. The highest BCUT2D eigenvalue weighted by molar-refractivity contribution is 6.31. The smallest absolute Gasteiger partial charge is 0.123 e. The van der Waals surface area contributed by atoms with Gasteiger partial charge in [-0.3, -0.25) is 4.90 Å². The summed E-state index contributed by atoms with van der Waals surface area (Å²) in [6.07, 6.45) is 1.10. The summed E-state index contributed by atoms with van der Waals surface area (Å²) in [7, 11) is 0. The number of nitrogens with one attached hydrogen (secondary N) is 1. The van der Waals surface area contributed by atoms with Crippen molar-refractivity contribution >= 4 is 11.6 Å². The lowest BCUT2D eigenvalue weighted by Gasteiger charge is -2.46. The van der Waals surface area contributed by atoms with Gasteiger partial charge < -0.3 is 5.32 Å². The average molecular weight is 313 g/mol. The fourth-order valence-electron chi connectivity index (χ4n) is 3.07. The van der Waals surface area contributed by atoms with Crippen molar-refractivity contribution in [2.45, 2.75) is 52.7 Å². The first-order chi connectivity index (χ1) is 9.81. The predicted molar refractivity (Wildman–Crippen MR) is 87.1 cm³/mol. The molecule has 1 fully saturated rings. The summed E-state index contributed by atoms with van der Waals surface area (Å²) in [4.78, 5) is 2.45. The van der Waals surface area contributed by atoms with Crippen molar-refractivity contribution in [3.05, 3.63) is 34.6 Å². The molecule has 1 aliphatic heterocycles. The highest BCUT2D eigenvalue weighted by Crippen LogP contribution is 2.29. The quantitative estimate of drug-likeness (QED) is 0.905. The fourth-order valence-corrected chi connectivity index (χ4v) is 3.24. The Kier molecular flexibility index (Phi) is 5.29. The summed E-state index contributed by atoms with van der Waals surface area (Å²) in [6.45, 7) is 11.6. The summed E-state index contributed by atoms with van der Waals surface area (Å²) in [5.74, 6) is -0.219. The van der Waals surface area contributed by atoms with Crippen LogP contribution >= 0.6 is 11.6 Å². The monoisotopic (exact) mass is 312 g/mol. The molecule has 0 amide bonds.